The van der Waals surface area contributed by atoms with Gasteiger partial charge in [-0.15, -0.1) is 0 Å². The van der Waals surface area contributed by atoms with E-state index in [4.69, 9.17) is 0 Å². The predicted octanol–water partition coefficient (Wildman–Crippen LogP) is 3.66. The molecule has 0 amide bonds. The largest absolute Gasteiger partial charge is 0.310 e. The van der Waals surface area contributed by atoms with Gasteiger partial charge in [0, 0.05) is 12.6 Å². The first-order valence-electron chi connectivity index (χ1n) is 6.53. The number of nitrogens with one attached hydrogen (secondary N) is 1. The molecule has 1 aliphatic carbocycles. The van der Waals surface area contributed by atoms with Crippen LogP contribution in [0.5, 0.6) is 0 Å². The van der Waals surface area contributed by atoms with E-state index in [9.17, 15) is 0 Å². The van der Waals surface area contributed by atoms with Crippen LogP contribution >= 0.6 is 0 Å². The lowest BCUT2D eigenvalue weighted by Crippen LogP contribution is -2.33. The highest BCUT2D eigenvalue weighted by Crippen LogP contribution is 2.23. The zero-order valence-corrected chi connectivity index (χ0v) is 10.5. The van der Waals surface area contributed by atoms with Crippen molar-refractivity contribution in [1.82, 2.24) is 5.32 Å². The van der Waals surface area contributed by atoms with E-state index < -0.39 is 0 Å². The van der Waals surface area contributed by atoms with Crippen molar-refractivity contribution in [1.29, 1.82) is 0 Å². The molecule has 16 heavy (non-hydrogen) atoms. The summed E-state index contributed by atoms with van der Waals surface area (Å²) < 4.78 is 0. The lowest BCUT2D eigenvalue weighted by Gasteiger charge is -2.27. The van der Waals surface area contributed by atoms with E-state index in [1.807, 2.05) is 0 Å². The highest BCUT2D eigenvalue weighted by molar-refractivity contribution is 5.25. The highest BCUT2D eigenvalue weighted by Gasteiger charge is 2.17. The molecule has 1 aromatic carbocycles. The standard InChI is InChI=1S/C15H23N/c1-12-6-5-9-15(10-12)16-11-14-8-4-3-7-13(14)2/h3-4,7-8,12,15-16H,5-6,9-11H2,1-2H3. The summed E-state index contributed by atoms with van der Waals surface area (Å²) in [5, 5.41) is 3.71. The fraction of sp³-hybridized carbons (Fsp3) is 0.600. The van der Waals surface area contributed by atoms with E-state index in [-0.39, 0.29) is 0 Å². The van der Waals surface area contributed by atoms with Gasteiger partial charge in [-0.1, -0.05) is 44.0 Å². The Morgan fingerprint density at radius 3 is 2.81 bits per heavy atom. The molecule has 0 saturated heterocycles. The Bertz CT molecular complexity index is 332. The normalized spacial score (nSPS) is 25.6. The van der Waals surface area contributed by atoms with Gasteiger partial charge in [-0.05, 0) is 36.8 Å². The van der Waals surface area contributed by atoms with Crippen LogP contribution in [0.3, 0.4) is 0 Å². The van der Waals surface area contributed by atoms with Gasteiger partial charge in [-0.2, -0.15) is 0 Å². The van der Waals surface area contributed by atoms with Crippen molar-refractivity contribution in [2.75, 3.05) is 0 Å². The van der Waals surface area contributed by atoms with E-state index >= 15 is 0 Å². The maximum Gasteiger partial charge on any atom is 0.0210 e. The second-order valence-electron chi connectivity index (χ2n) is 5.28. The van der Waals surface area contributed by atoms with E-state index in [2.05, 4.69) is 43.4 Å². The molecule has 0 radical (unpaired) electrons. The SMILES string of the molecule is Cc1ccccc1CNC1CCCC(C)C1. The summed E-state index contributed by atoms with van der Waals surface area (Å²) in [4.78, 5) is 0. The monoisotopic (exact) mass is 217 g/mol. The highest BCUT2D eigenvalue weighted by atomic mass is 14.9. The molecule has 0 bridgehead atoms. The first-order chi connectivity index (χ1) is 7.75. The maximum atomic E-state index is 3.71. The summed E-state index contributed by atoms with van der Waals surface area (Å²) in [6.07, 6.45) is 5.53. The number of benzene rings is 1. The van der Waals surface area contributed by atoms with Gasteiger partial charge in [0.25, 0.3) is 0 Å². The van der Waals surface area contributed by atoms with Crippen molar-refractivity contribution in [2.45, 2.75) is 52.1 Å². The minimum Gasteiger partial charge on any atom is -0.310 e. The van der Waals surface area contributed by atoms with Crippen LogP contribution in [0.15, 0.2) is 24.3 Å². The summed E-state index contributed by atoms with van der Waals surface area (Å²) in [5.74, 6) is 0.906. The molecule has 88 valence electrons. The molecule has 0 heterocycles. The van der Waals surface area contributed by atoms with Crippen LogP contribution in [0.2, 0.25) is 0 Å². The molecule has 1 saturated carbocycles. The fourth-order valence-corrected chi connectivity index (χ4v) is 2.68. The average Bonchev–Trinajstić information content (AvgIpc) is 2.28. The van der Waals surface area contributed by atoms with Crippen molar-refractivity contribution < 1.29 is 0 Å². The molecule has 1 N–H and O–H groups in total. The molecule has 1 heteroatoms. The molecule has 0 aromatic heterocycles. The third-order valence-corrected chi connectivity index (χ3v) is 3.78. The van der Waals surface area contributed by atoms with Crippen LogP contribution in [0.4, 0.5) is 0 Å². The predicted molar refractivity (Wildman–Crippen MR) is 69.4 cm³/mol. The van der Waals surface area contributed by atoms with Crippen molar-refractivity contribution >= 4 is 0 Å². The first kappa shape index (κ1) is 11.7. The molecule has 2 atom stereocenters. The fourth-order valence-electron chi connectivity index (χ4n) is 2.68. The van der Waals surface area contributed by atoms with Crippen molar-refractivity contribution in [3.8, 4) is 0 Å². The van der Waals surface area contributed by atoms with E-state index in [1.54, 1.807) is 0 Å². The van der Waals surface area contributed by atoms with E-state index in [1.165, 1.54) is 36.8 Å². The second-order valence-corrected chi connectivity index (χ2v) is 5.28. The molecule has 1 nitrogen and oxygen atoms in total. The molecular formula is C15H23N. The Labute approximate surface area is 99.3 Å². The molecule has 0 spiro atoms. The average molecular weight is 217 g/mol. The van der Waals surface area contributed by atoms with Crippen LogP contribution in [-0.2, 0) is 6.54 Å². The molecular weight excluding hydrogens is 194 g/mol. The van der Waals surface area contributed by atoms with Crippen LogP contribution in [0, 0.1) is 12.8 Å². The Morgan fingerprint density at radius 1 is 1.25 bits per heavy atom. The Kier molecular flexibility index (Phi) is 4.00. The lowest BCUT2D eigenvalue weighted by atomic mass is 9.87. The summed E-state index contributed by atoms with van der Waals surface area (Å²) in [6, 6.07) is 9.41. The quantitative estimate of drug-likeness (QED) is 0.814. The van der Waals surface area contributed by atoms with Gasteiger partial charge in [-0.25, -0.2) is 0 Å². The Balaban J connectivity index is 1.85. The Morgan fingerprint density at radius 2 is 2.06 bits per heavy atom. The maximum absolute atomic E-state index is 3.71. The van der Waals surface area contributed by atoms with Gasteiger partial charge in [0.1, 0.15) is 0 Å². The van der Waals surface area contributed by atoms with Gasteiger partial charge in [0.15, 0.2) is 0 Å². The van der Waals surface area contributed by atoms with Crippen LogP contribution < -0.4 is 5.32 Å². The number of hydrogen-bond acceptors (Lipinski definition) is 1. The van der Waals surface area contributed by atoms with Gasteiger partial charge < -0.3 is 5.32 Å². The third kappa shape index (κ3) is 3.08. The molecule has 1 fully saturated rings. The van der Waals surface area contributed by atoms with Crippen LogP contribution in [-0.4, -0.2) is 6.04 Å². The second kappa shape index (κ2) is 5.49. The topological polar surface area (TPSA) is 12.0 Å². The van der Waals surface area contributed by atoms with Gasteiger partial charge in [0.05, 0.1) is 0 Å². The Hall–Kier alpha value is -0.820. The van der Waals surface area contributed by atoms with Crippen LogP contribution in [0.1, 0.15) is 43.7 Å². The molecule has 0 aliphatic heterocycles. The summed E-state index contributed by atoms with van der Waals surface area (Å²) in [7, 11) is 0. The van der Waals surface area contributed by atoms with Gasteiger partial charge in [-0.3, -0.25) is 0 Å². The van der Waals surface area contributed by atoms with Gasteiger partial charge >= 0.3 is 0 Å². The molecule has 2 unspecified atom stereocenters. The summed E-state index contributed by atoms with van der Waals surface area (Å²) >= 11 is 0. The smallest absolute Gasteiger partial charge is 0.0210 e. The van der Waals surface area contributed by atoms with Crippen molar-refractivity contribution in [3.63, 3.8) is 0 Å². The summed E-state index contributed by atoms with van der Waals surface area (Å²) in [6.45, 7) is 5.60. The number of hydrogen-bond donors (Lipinski definition) is 1. The first-order valence-corrected chi connectivity index (χ1v) is 6.53. The van der Waals surface area contributed by atoms with Crippen molar-refractivity contribution in [2.24, 2.45) is 5.92 Å². The minimum absolute atomic E-state index is 0.739. The lowest BCUT2D eigenvalue weighted by molar-refractivity contribution is 0.300. The zero-order valence-electron chi connectivity index (χ0n) is 10.5. The minimum atomic E-state index is 0.739. The van der Waals surface area contributed by atoms with Crippen LogP contribution in [0.25, 0.3) is 0 Å². The zero-order chi connectivity index (χ0) is 11.4. The molecule has 1 aromatic rings. The number of aryl methyl sites for hydroxylation is 1. The third-order valence-electron chi connectivity index (χ3n) is 3.78. The molecule has 2 rings (SSSR count). The molecule has 1 aliphatic rings. The van der Waals surface area contributed by atoms with Gasteiger partial charge in [0.2, 0.25) is 0 Å². The van der Waals surface area contributed by atoms with E-state index in [0.29, 0.717) is 0 Å². The summed E-state index contributed by atoms with van der Waals surface area (Å²) in [5.41, 5.74) is 2.85. The van der Waals surface area contributed by atoms with E-state index in [0.717, 1.165) is 18.5 Å². The van der Waals surface area contributed by atoms with Crippen molar-refractivity contribution in [3.05, 3.63) is 35.4 Å². The number of rotatable bonds is 3.